The fourth-order valence-corrected chi connectivity index (χ4v) is 4.12. The zero-order chi connectivity index (χ0) is 21.0. The van der Waals surface area contributed by atoms with Gasteiger partial charge in [-0.15, -0.1) is 0 Å². The largest absolute Gasteiger partial charge is 0.454 e. The number of carbonyl (C=O) groups is 2. The first-order valence-corrected chi connectivity index (χ1v) is 9.84. The van der Waals surface area contributed by atoms with Gasteiger partial charge in [-0.1, -0.05) is 35.9 Å². The van der Waals surface area contributed by atoms with Crippen molar-refractivity contribution in [2.75, 3.05) is 6.79 Å². The molecule has 1 unspecified atom stereocenters. The molecule has 2 aromatic carbocycles. The number of rotatable bonds is 3. The maximum atomic E-state index is 13.3. The number of halogens is 1. The normalized spacial score (nSPS) is 20.2. The van der Waals surface area contributed by atoms with Crippen molar-refractivity contribution in [3.05, 3.63) is 64.3 Å². The summed E-state index contributed by atoms with van der Waals surface area (Å²) >= 11 is 6.54. The standard InChI is InChI=1S/C22H18ClN3O4/c1-12-14-5-3-4-6-15(14)24-16(19(12)23)10-26-20(27)22(2,25-21(26)28)13-7-8-17-18(9-13)30-11-29-17/h3-9H,10-11H2,1-2H3,(H,25,28). The molecule has 8 heteroatoms. The van der Waals surface area contributed by atoms with Crippen molar-refractivity contribution in [2.45, 2.75) is 25.9 Å². The third kappa shape index (κ3) is 2.69. The summed E-state index contributed by atoms with van der Waals surface area (Å²) in [6.07, 6.45) is 0. The van der Waals surface area contributed by atoms with Gasteiger partial charge in [0, 0.05) is 5.39 Å². The van der Waals surface area contributed by atoms with Crippen LogP contribution in [0.3, 0.4) is 0 Å². The molecule has 0 saturated carbocycles. The SMILES string of the molecule is Cc1c(Cl)c(CN2C(=O)NC(C)(c3ccc4c(c3)OCO4)C2=O)nc2ccccc12. The van der Waals surface area contributed by atoms with Gasteiger partial charge in [0.1, 0.15) is 5.54 Å². The van der Waals surface area contributed by atoms with Gasteiger partial charge in [0.25, 0.3) is 5.91 Å². The molecule has 1 aromatic heterocycles. The van der Waals surface area contributed by atoms with Crippen LogP contribution in [-0.2, 0) is 16.9 Å². The summed E-state index contributed by atoms with van der Waals surface area (Å²) in [6.45, 7) is 3.69. The number of para-hydroxylation sites is 1. The zero-order valence-electron chi connectivity index (χ0n) is 16.4. The number of amides is 3. The number of urea groups is 1. The molecular formula is C22H18ClN3O4. The van der Waals surface area contributed by atoms with Gasteiger partial charge in [-0.2, -0.15) is 0 Å². The molecule has 30 heavy (non-hydrogen) atoms. The number of imide groups is 1. The Hall–Kier alpha value is -3.32. The van der Waals surface area contributed by atoms with Crippen LogP contribution in [0.4, 0.5) is 4.79 Å². The third-order valence-electron chi connectivity index (χ3n) is 5.68. The number of pyridine rings is 1. The molecule has 0 aliphatic carbocycles. The van der Waals surface area contributed by atoms with Gasteiger partial charge in [-0.05, 0) is 43.2 Å². The second kappa shape index (κ2) is 6.60. The molecule has 1 fully saturated rings. The van der Waals surface area contributed by atoms with Crippen molar-refractivity contribution < 1.29 is 19.1 Å². The molecule has 3 heterocycles. The predicted octanol–water partition coefficient (Wildman–Crippen LogP) is 3.89. The average Bonchev–Trinajstić information content (AvgIpc) is 3.30. The summed E-state index contributed by atoms with van der Waals surface area (Å²) in [5, 5.41) is 4.19. The maximum Gasteiger partial charge on any atom is 0.325 e. The summed E-state index contributed by atoms with van der Waals surface area (Å²) in [5.74, 6) is 0.776. The quantitative estimate of drug-likeness (QED) is 0.646. The lowest BCUT2D eigenvalue weighted by atomic mass is 9.91. The van der Waals surface area contributed by atoms with E-state index in [9.17, 15) is 9.59 Å². The molecule has 2 aliphatic rings. The lowest BCUT2D eigenvalue weighted by molar-refractivity contribution is -0.131. The minimum Gasteiger partial charge on any atom is -0.454 e. The van der Waals surface area contributed by atoms with Gasteiger partial charge in [-0.3, -0.25) is 9.69 Å². The van der Waals surface area contributed by atoms with Crippen molar-refractivity contribution >= 4 is 34.4 Å². The second-order valence-electron chi connectivity index (χ2n) is 7.53. The van der Waals surface area contributed by atoms with E-state index >= 15 is 0 Å². The number of hydrogen-bond donors (Lipinski definition) is 1. The lowest BCUT2D eigenvalue weighted by Gasteiger charge is -2.22. The lowest BCUT2D eigenvalue weighted by Crippen LogP contribution is -2.40. The second-order valence-corrected chi connectivity index (χ2v) is 7.91. The molecule has 1 saturated heterocycles. The summed E-state index contributed by atoms with van der Waals surface area (Å²) < 4.78 is 10.7. The van der Waals surface area contributed by atoms with Gasteiger partial charge in [-0.25, -0.2) is 9.78 Å². The molecule has 0 spiro atoms. The van der Waals surface area contributed by atoms with Crippen molar-refractivity contribution in [1.82, 2.24) is 15.2 Å². The molecule has 2 aliphatic heterocycles. The molecule has 1 atom stereocenters. The van der Waals surface area contributed by atoms with Crippen LogP contribution in [-0.4, -0.2) is 28.6 Å². The monoisotopic (exact) mass is 423 g/mol. The predicted molar refractivity (Wildman–Crippen MR) is 110 cm³/mol. The molecule has 0 radical (unpaired) electrons. The Kier molecular flexibility index (Phi) is 4.11. The Balaban J connectivity index is 1.49. The van der Waals surface area contributed by atoms with E-state index in [-0.39, 0.29) is 19.2 Å². The molecule has 1 N–H and O–H groups in total. The summed E-state index contributed by atoms with van der Waals surface area (Å²) in [6, 6.07) is 12.3. The molecule has 3 aromatic rings. The van der Waals surface area contributed by atoms with Gasteiger partial charge in [0.15, 0.2) is 11.5 Å². The number of carbonyl (C=O) groups excluding carboxylic acids is 2. The minimum atomic E-state index is -1.23. The van der Waals surface area contributed by atoms with E-state index in [0.717, 1.165) is 21.4 Å². The maximum absolute atomic E-state index is 13.3. The van der Waals surface area contributed by atoms with Crippen LogP contribution >= 0.6 is 11.6 Å². The highest BCUT2D eigenvalue weighted by Gasteiger charge is 2.49. The molecule has 7 nitrogen and oxygen atoms in total. The number of fused-ring (bicyclic) bond motifs is 2. The fraction of sp³-hybridized carbons (Fsp3) is 0.227. The average molecular weight is 424 g/mol. The van der Waals surface area contributed by atoms with Crippen LogP contribution in [0.15, 0.2) is 42.5 Å². The summed E-state index contributed by atoms with van der Waals surface area (Å²) in [5.41, 5.74) is 1.49. The summed E-state index contributed by atoms with van der Waals surface area (Å²) in [4.78, 5) is 31.8. The van der Waals surface area contributed by atoms with Crippen LogP contribution < -0.4 is 14.8 Å². The van der Waals surface area contributed by atoms with E-state index in [4.69, 9.17) is 21.1 Å². The Morgan fingerprint density at radius 1 is 1.17 bits per heavy atom. The first-order chi connectivity index (χ1) is 14.4. The van der Waals surface area contributed by atoms with Gasteiger partial charge >= 0.3 is 6.03 Å². The van der Waals surface area contributed by atoms with Crippen molar-refractivity contribution in [2.24, 2.45) is 0 Å². The van der Waals surface area contributed by atoms with Crippen molar-refractivity contribution in [3.63, 3.8) is 0 Å². The number of hydrogen-bond acceptors (Lipinski definition) is 5. The van der Waals surface area contributed by atoms with Gasteiger partial charge in [0.05, 0.1) is 22.8 Å². The third-order valence-corrected chi connectivity index (χ3v) is 6.18. The molecule has 3 amide bonds. The Morgan fingerprint density at radius 3 is 2.77 bits per heavy atom. The number of benzene rings is 2. The van der Waals surface area contributed by atoms with E-state index < -0.39 is 11.6 Å². The highest BCUT2D eigenvalue weighted by atomic mass is 35.5. The van der Waals surface area contributed by atoms with Crippen LogP contribution in [0.2, 0.25) is 5.02 Å². The topological polar surface area (TPSA) is 80.8 Å². The molecule has 0 bridgehead atoms. The first kappa shape index (κ1) is 18.7. The van der Waals surface area contributed by atoms with E-state index in [2.05, 4.69) is 10.3 Å². The van der Waals surface area contributed by atoms with Crippen LogP contribution in [0.5, 0.6) is 11.5 Å². The Labute approximate surface area is 177 Å². The number of nitrogens with one attached hydrogen (secondary N) is 1. The van der Waals surface area contributed by atoms with E-state index in [1.54, 1.807) is 25.1 Å². The van der Waals surface area contributed by atoms with E-state index in [1.807, 2.05) is 31.2 Å². The molecule has 5 rings (SSSR count). The van der Waals surface area contributed by atoms with Gasteiger partial charge < -0.3 is 14.8 Å². The van der Waals surface area contributed by atoms with E-state index in [1.165, 1.54) is 0 Å². The number of aryl methyl sites for hydroxylation is 1. The number of nitrogens with zero attached hydrogens (tertiary/aromatic N) is 2. The molecular weight excluding hydrogens is 406 g/mol. The minimum absolute atomic E-state index is 0.0185. The number of ether oxygens (including phenoxy) is 2. The Bertz CT molecular complexity index is 1230. The first-order valence-electron chi connectivity index (χ1n) is 9.46. The van der Waals surface area contributed by atoms with Crippen LogP contribution in [0.1, 0.15) is 23.7 Å². The van der Waals surface area contributed by atoms with Crippen LogP contribution in [0.25, 0.3) is 10.9 Å². The fourth-order valence-electron chi connectivity index (χ4n) is 3.92. The Morgan fingerprint density at radius 2 is 1.93 bits per heavy atom. The van der Waals surface area contributed by atoms with Crippen molar-refractivity contribution in [1.29, 1.82) is 0 Å². The summed E-state index contributed by atoms with van der Waals surface area (Å²) in [7, 11) is 0. The van der Waals surface area contributed by atoms with Crippen LogP contribution in [0, 0.1) is 6.92 Å². The zero-order valence-corrected chi connectivity index (χ0v) is 17.1. The molecule has 152 valence electrons. The van der Waals surface area contributed by atoms with Gasteiger partial charge in [0.2, 0.25) is 6.79 Å². The van der Waals surface area contributed by atoms with Crippen molar-refractivity contribution in [3.8, 4) is 11.5 Å². The van der Waals surface area contributed by atoms with E-state index in [0.29, 0.717) is 27.8 Å². The highest BCUT2D eigenvalue weighted by molar-refractivity contribution is 6.32. The highest BCUT2D eigenvalue weighted by Crippen LogP contribution is 2.38. The smallest absolute Gasteiger partial charge is 0.325 e. The number of aromatic nitrogens is 1.